The fraction of sp³-hybridized carbons (Fsp3) is 0.306. The van der Waals surface area contributed by atoms with Gasteiger partial charge >= 0.3 is 0 Å². The first-order chi connectivity index (χ1) is 22.8. The number of aromatic nitrogens is 4. The number of ether oxygens (including phenoxy) is 1. The summed E-state index contributed by atoms with van der Waals surface area (Å²) in [5.74, 6) is 0.812. The summed E-state index contributed by atoms with van der Waals surface area (Å²) in [5, 5.41) is 11.8. The van der Waals surface area contributed by atoms with Crippen LogP contribution in [0.25, 0.3) is 22.3 Å². The van der Waals surface area contributed by atoms with Gasteiger partial charge in [0.25, 0.3) is 5.91 Å². The molecular weight excluding hydrogens is 594 g/mol. The average Bonchev–Trinajstić information content (AvgIpc) is 3.63. The van der Waals surface area contributed by atoms with Gasteiger partial charge in [-0.05, 0) is 35.7 Å². The minimum atomic E-state index is -0.485. The molecule has 0 saturated heterocycles. The number of nitrogens with zero attached hydrogens (tertiary/aromatic N) is 5. The van der Waals surface area contributed by atoms with Gasteiger partial charge in [0.1, 0.15) is 12.4 Å². The van der Waals surface area contributed by atoms with Crippen LogP contribution in [0, 0.1) is 5.92 Å². The fourth-order valence-corrected chi connectivity index (χ4v) is 5.90. The molecule has 5 aromatic rings. The molecule has 0 unspecified atom stereocenters. The molecule has 242 valence electrons. The lowest BCUT2D eigenvalue weighted by Crippen LogP contribution is -2.46. The third-order valence-electron chi connectivity index (χ3n) is 8.34. The van der Waals surface area contributed by atoms with Gasteiger partial charge in [0, 0.05) is 48.4 Å². The van der Waals surface area contributed by atoms with Gasteiger partial charge in [0.05, 0.1) is 25.6 Å². The summed E-state index contributed by atoms with van der Waals surface area (Å²) in [6.07, 6.45) is 2.06. The predicted molar refractivity (Wildman–Crippen MR) is 179 cm³/mol. The summed E-state index contributed by atoms with van der Waals surface area (Å²) in [6, 6.07) is 24.1. The van der Waals surface area contributed by atoms with Crippen molar-refractivity contribution in [1.29, 1.82) is 0 Å². The van der Waals surface area contributed by atoms with Gasteiger partial charge in [0.2, 0.25) is 11.8 Å². The Kier molecular flexibility index (Phi) is 9.32. The van der Waals surface area contributed by atoms with Gasteiger partial charge in [-0.15, -0.1) is 0 Å². The van der Waals surface area contributed by atoms with Gasteiger partial charge in [-0.3, -0.25) is 14.4 Å². The van der Waals surface area contributed by atoms with E-state index in [0.717, 1.165) is 22.0 Å². The van der Waals surface area contributed by atoms with Crippen molar-refractivity contribution in [2.75, 3.05) is 26.2 Å². The molecule has 3 aromatic carbocycles. The van der Waals surface area contributed by atoms with Crippen LogP contribution >= 0.6 is 0 Å². The Morgan fingerprint density at radius 1 is 0.979 bits per heavy atom. The maximum Gasteiger partial charge on any atom is 0.251 e. The number of nitrogens with one attached hydrogen (secondary N) is 2. The van der Waals surface area contributed by atoms with Crippen LogP contribution in [0.3, 0.4) is 0 Å². The number of para-hydroxylation sites is 1. The molecule has 2 bridgehead atoms. The van der Waals surface area contributed by atoms with Crippen molar-refractivity contribution < 1.29 is 19.1 Å². The first-order valence-corrected chi connectivity index (χ1v) is 15.9. The standard InChI is InChI=1S/C36H39N7O4/c1-24(2)33-35-39-34(25-10-5-4-6-11-25)40-43(35)18-19-47-28-13-9-12-26(20-28)36(46)37-16-17-42(23-31(44)38-33)32(45)21-27-22-41(3)30-15-8-7-14-29(27)30/h4-15,20,22,24,33H,16-19,21,23H2,1-3H3,(H,37,46)(H,38,44)/t33-/m0/s1. The number of amides is 3. The van der Waals surface area contributed by atoms with Crippen molar-refractivity contribution in [3.63, 3.8) is 0 Å². The number of fused-ring (bicyclic) bond motifs is 4. The Hall–Kier alpha value is -5.45. The predicted octanol–water partition coefficient (Wildman–Crippen LogP) is 4.14. The summed E-state index contributed by atoms with van der Waals surface area (Å²) < 4.78 is 9.80. The van der Waals surface area contributed by atoms with Crippen molar-refractivity contribution in [2.45, 2.75) is 32.9 Å². The van der Waals surface area contributed by atoms with E-state index in [2.05, 4.69) is 10.6 Å². The molecule has 0 fully saturated rings. The molecule has 0 radical (unpaired) electrons. The number of hydrogen-bond acceptors (Lipinski definition) is 6. The molecule has 0 aliphatic carbocycles. The molecule has 3 heterocycles. The highest BCUT2D eigenvalue weighted by Gasteiger charge is 2.28. The zero-order valence-corrected chi connectivity index (χ0v) is 26.8. The lowest BCUT2D eigenvalue weighted by Gasteiger charge is -2.26. The second kappa shape index (κ2) is 13.9. The number of benzene rings is 3. The highest BCUT2D eigenvalue weighted by molar-refractivity contribution is 5.95. The monoisotopic (exact) mass is 633 g/mol. The van der Waals surface area contributed by atoms with Crippen LogP contribution < -0.4 is 15.4 Å². The van der Waals surface area contributed by atoms with Crippen molar-refractivity contribution in [1.82, 2.24) is 34.9 Å². The average molecular weight is 634 g/mol. The van der Waals surface area contributed by atoms with Crippen LogP contribution in [0.2, 0.25) is 0 Å². The Balaban J connectivity index is 1.32. The molecule has 6 rings (SSSR count). The van der Waals surface area contributed by atoms with Crippen LogP contribution in [-0.2, 0) is 29.6 Å². The molecule has 2 aromatic heterocycles. The lowest BCUT2D eigenvalue weighted by atomic mass is 10.0. The second-order valence-electron chi connectivity index (χ2n) is 12.1. The largest absolute Gasteiger partial charge is 0.492 e. The second-order valence-corrected chi connectivity index (χ2v) is 12.1. The van der Waals surface area contributed by atoms with Crippen molar-refractivity contribution >= 4 is 28.6 Å². The SMILES string of the molecule is CC(C)[C@@H]1NC(=O)CN(C(=O)Cc2cn(C)c3ccccc23)CCNC(=O)c2cccc(c2)OCCn2nc(-c3ccccc3)nc21. The molecule has 11 nitrogen and oxygen atoms in total. The molecule has 1 aliphatic heterocycles. The van der Waals surface area contributed by atoms with Crippen LogP contribution in [0.4, 0.5) is 0 Å². The molecule has 1 aliphatic rings. The third kappa shape index (κ3) is 7.19. The Bertz CT molecular complexity index is 1900. The van der Waals surface area contributed by atoms with Crippen molar-refractivity contribution in [3.8, 4) is 17.1 Å². The Morgan fingerprint density at radius 3 is 2.55 bits per heavy atom. The zero-order chi connectivity index (χ0) is 32.9. The van der Waals surface area contributed by atoms with Crippen LogP contribution in [0.5, 0.6) is 5.75 Å². The summed E-state index contributed by atoms with van der Waals surface area (Å²) in [7, 11) is 1.95. The molecule has 2 N–H and O–H groups in total. The van der Waals surface area contributed by atoms with Gasteiger partial charge in [-0.1, -0.05) is 68.4 Å². The van der Waals surface area contributed by atoms with Gasteiger partial charge in [-0.2, -0.15) is 5.10 Å². The first-order valence-electron chi connectivity index (χ1n) is 15.9. The third-order valence-corrected chi connectivity index (χ3v) is 8.34. The zero-order valence-electron chi connectivity index (χ0n) is 26.8. The number of carbonyl (C=O) groups excluding carboxylic acids is 3. The molecule has 3 amide bonds. The molecule has 0 saturated carbocycles. The van der Waals surface area contributed by atoms with Crippen molar-refractivity contribution in [2.24, 2.45) is 13.0 Å². The fourth-order valence-electron chi connectivity index (χ4n) is 5.90. The van der Waals surface area contributed by atoms with E-state index in [1.54, 1.807) is 28.9 Å². The molecule has 0 spiro atoms. The lowest BCUT2D eigenvalue weighted by molar-refractivity contribution is -0.135. The molecule has 11 heteroatoms. The van der Waals surface area contributed by atoms with Crippen molar-refractivity contribution in [3.05, 3.63) is 102 Å². The number of aryl methyl sites for hydroxylation is 1. The van der Waals surface area contributed by atoms with Gasteiger partial charge in [0.15, 0.2) is 11.6 Å². The maximum atomic E-state index is 13.8. The molecule has 1 atom stereocenters. The highest BCUT2D eigenvalue weighted by atomic mass is 16.5. The number of rotatable bonds is 4. The van der Waals surface area contributed by atoms with Crippen LogP contribution in [0.15, 0.2) is 85.1 Å². The topological polar surface area (TPSA) is 123 Å². The van der Waals surface area contributed by atoms with Gasteiger partial charge < -0.3 is 24.8 Å². The molecule has 47 heavy (non-hydrogen) atoms. The summed E-state index contributed by atoms with van der Waals surface area (Å²) in [5.41, 5.74) is 3.19. The van der Waals surface area contributed by atoms with E-state index in [1.807, 2.05) is 86.3 Å². The smallest absolute Gasteiger partial charge is 0.251 e. The highest BCUT2D eigenvalue weighted by Crippen LogP contribution is 2.25. The van der Waals surface area contributed by atoms with E-state index in [0.29, 0.717) is 29.5 Å². The van der Waals surface area contributed by atoms with E-state index in [1.165, 1.54) is 4.90 Å². The summed E-state index contributed by atoms with van der Waals surface area (Å²) in [6.45, 7) is 4.79. The first kappa shape index (κ1) is 31.5. The Labute approximate surface area is 273 Å². The van der Waals surface area contributed by atoms with E-state index < -0.39 is 6.04 Å². The number of hydrogen-bond donors (Lipinski definition) is 2. The minimum absolute atomic E-state index is 0.0377. The molecular formula is C36H39N7O4. The Morgan fingerprint density at radius 2 is 1.74 bits per heavy atom. The minimum Gasteiger partial charge on any atom is -0.492 e. The number of carbonyl (C=O) groups is 3. The summed E-state index contributed by atoms with van der Waals surface area (Å²) >= 11 is 0. The maximum absolute atomic E-state index is 13.8. The van der Waals surface area contributed by atoms with E-state index >= 15 is 0 Å². The van der Waals surface area contributed by atoms with E-state index in [9.17, 15) is 14.4 Å². The van der Waals surface area contributed by atoms with Crippen LogP contribution in [0.1, 0.15) is 41.6 Å². The van der Waals surface area contributed by atoms with E-state index in [-0.39, 0.29) is 56.3 Å². The summed E-state index contributed by atoms with van der Waals surface area (Å²) in [4.78, 5) is 47.0. The van der Waals surface area contributed by atoms with Crippen LogP contribution in [-0.4, -0.2) is 68.2 Å². The van der Waals surface area contributed by atoms with Gasteiger partial charge in [-0.25, -0.2) is 9.67 Å². The quantitative estimate of drug-likeness (QED) is 0.307. The normalized spacial score (nSPS) is 16.3. The van der Waals surface area contributed by atoms with E-state index in [4.69, 9.17) is 14.8 Å².